The topological polar surface area (TPSA) is 124 Å². The molecule has 3 amide bonds. The van der Waals surface area contributed by atoms with Crippen LogP contribution in [-0.4, -0.2) is 36.4 Å². The molecule has 0 fully saturated rings. The maximum Gasteiger partial charge on any atom is 0.318 e. The number of amides is 3. The van der Waals surface area contributed by atoms with Crippen LogP contribution in [0, 0.1) is 0 Å². The number of hydrogen-bond donors (Lipinski definition) is 2. The normalized spacial score (nSPS) is 12.2. The molecule has 0 unspecified atom stereocenters. The monoisotopic (exact) mass is 372 g/mol. The van der Waals surface area contributed by atoms with Crippen molar-refractivity contribution in [2.24, 2.45) is 5.73 Å². The van der Waals surface area contributed by atoms with E-state index >= 15 is 0 Å². The first-order valence-electron chi connectivity index (χ1n) is 7.68. The molecular formula is C16H16N6O3S. The van der Waals surface area contributed by atoms with E-state index in [0.29, 0.717) is 21.8 Å². The van der Waals surface area contributed by atoms with E-state index in [1.165, 1.54) is 4.57 Å². The van der Waals surface area contributed by atoms with E-state index in [-0.39, 0.29) is 12.1 Å². The summed E-state index contributed by atoms with van der Waals surface area (Å²) in [5, 5.41) is 10.5. The molecule has 0 saturated carbocycles. The van der Waals surface area contributed by atoms with Crippen molar-refractivity contribution < 1.29 is 9.59 Å². The summed E-state index contributed by atoms with van der Waals surface area (Å²) in [6, 6.07) is 6.15. The standard InChI is InChI=1S/C16H16N6O3S/c1-3-8-21-13(24)10-6-4-5-7-11(10)22-15(21)19-20-16(22)26-9(2)12(23)18-14(17)25/h3-7,9H,1,8H2,2H3,(H3,17,18,23,25)/t9-/m0/s1. The number of nitrogens with two attached hydrogens (primary N) is 1. The Morgan fingerprint density at radius 1 is 1.38 bits per heavy atom. The molecule has 0 radical (unpaired) electrons. The highest BCUT2D eigenvalue weighted by atomic mass is 32.2. The highest BCUT2D eigenvalue weighted by Crippen LogP contribution is 2.25. The van der Waals surface area contributed by atoms with E-state index in [9.17, 15) is 14.4 Å². The van der Waals surface area contributed by atoms with Crippen LogP contribution in [0.5, 0.6) is 0 Å². The average molecular weight is 372 g/mol. The van der Waals surface area contributed by atoms with Crippen LogP contribution in [0.1, 0.15) is 6.92 Å². The van der Waals surface area contributed by atoms with Gasteiger partial charge in [0, 0.05) is 6.54 Å². The zero-order valence-electron chi connectivity index (χ0n) is 13.9. The van der Waals surface area contributed by atoms with E-state index in [1.54, 1.807) is 41.7 Å². The first kappa shape index (κ1) is 17.7. The van der Waals surface area contributed by atoms with Crippen LogP contribution in [-0.2, 0) is 11.3 Å². The Hall–Kier alpha value is -3.14. The van der Waals surface area contributed by atoms with Crippen LogP contribution in [0.4, 0.5) is 4.79 Å². The fraction of sp³-hybridized carbons (Fsp3) is 0.188. The Morgan fingerprint density at radius 2 is 2.12 bits per heavy atom. The molecule has 2 aromatic heterocycles. The summed E-state index contributed by atoms with van der Waals surface area (Å²) in [7, 11) is 0. The molecule has 10 heteroatoms. The zero-order chi connectivity index (χ0) is 18.8. The second-order valence-electron chi connectivity index (χ2n) is 5.45. The highest BCUT2D eigenvalue weighted by molar-refractivity contribution is 8.00. The number of allylic oxidation sites excluding steroid dienone is 1. The third-order valence-electron chi connectivity index (χ3n) is 3.69. The van der Waals surface area contributed by atoms with E-state index in [0.717, 1.165) is 11.8 Å². The fourth-order valence-electron chi connectivity index (χ4n) is 2.54. The highest BCUT2D eigenvalue weighted by Gasteiger charge is 2.21. The maximum absolute atomic E-state index is 12.7. The van der Waals surface area contributed by atoms with Gasteiger partial charge in [-0.2, -0.15) is 0 Å². The molecule has 0 aliphatic heterocycles. The van der Waals surface area contributed by atoms with Gasteiger partial charge in [-0.25, -0.2) is 4.79 Å². The van der Waals surface area contributed by atoms with Gasteiger partial charge < -0.3 is 5.73 Å². The van der Waals surface area contributed by atoms with Gasteiger partial charge in [-0.3, -0.25) is 23.9 Å². The van der Waals surface area contributed by atoms with Gasteiger partial charge in [0.1, 0.15) is 0 Å². The molecule has 0 spiro atoms. The number of imide groups is 1. The number of rotatable bonds is 5. The van der Waals surface area contributed by atoms with Crippen LogP contribution in [0.2, 0.25) is 0 Å². The molecule has 1 aromatic carbocycles. The fourth-order valence-corrected chi connectivity index (χ4v) is 3.39. The minimum Gasteiger partial charge on any atom is -0.351 e. The zero-order valence-corrected chi connectivity index (χ0v) is 14.7. The number of carbonyl (C=O) groups excluding carboxylic acids is 2. The molecule has 3 aromatic rings. The van der Waals surface area contributed by atoms with Crippen molar-refractivity contribution >= 4 is 40.4 Å². The number of nitrogens with one attached hydrogen (secondary N) is 1. The van der Waals surface area contributed by atoms with Crippen LogP contribution in [0.3, 0.4) is 0 Å². The van der Waals surface area contributed by atoms with E-state index < -0.39 is 17.2 Å². The summed E-state index contributed by atoms with van der Waals surface area (Å²) < 4.78 is 3.17. The lowest BCUT2D eigenvalue weighted by Gasteiger charge is -2.11. The summed E-state index contributed by atoms with van der Waals surface area (Å²) in [4.78, 5) is 35.5. The van der Waals surface area contributed by atoms with E-state index in [2.05, 4.69) is 16.8 Å². The largest absolute Gasteiger partial charge is 0.351 e. The molecule has 1 atom stereocenters. The van der Waals surface area contributed by atoms with Gasteiger partial charge in [0.2, 0.25) is 11.7 Å². The smallest absolute Gasteiger partial charge is 0.318 e. The number of para-hydroxylation sites is 1. The quantitative estimate of drug-likeness (QED) is 0.507. The van der Waals surface area contributed by atoms with Gasteiger partial charge in [-0.05, 0) is 19.1 Å². The molecule has 0 bridgehead atoms. The van der Waals surface area contributed by atoms with Crippen LogP contribution < -0.4 is 16.6 Å². The number of thioether (sulfide) groups is 1. The second-order valence-corrected chi connectivity index (χ2v) is 6.76. The Labute approximate surface area is 151 Å². The molecule has 2 heterocycles. The number of carbonyl (C=O) groups is 2. The van der Waals surface area contributed by atoms with Gasteiger partial charge in [0.15, 0.2) is 5.16 Å². The molecular weight excluding hydrogens is 356 g/mol. The number of urea groups is 1. The van der Waals surface area contributed by atoms with E-state index in [1.807, 2.05) is 5.32 Å². The molecule has 0 aliphatic carbocycles. The van der Waals surface area contributed by atoms with E-state index in [4.69, 9.17) is 5.73 Å². The molecule has 26 heavy (non-hydrogen) atoms. The summed E-state index contributed by atoms with van der Waals surface area (Å²) >= 11 is 1.11. The molecule has 0 aliphatic rings. The Balaban J connectivity index is 2.16. The van der Waals surface area contributed by atoms with Crippen molar-refractivity contribution in [3.8, 4) is 0 Å². The van der Waals surface area contributed by atoms with Crippen LogP contribution in [0.25, 0.3) is 16.7 Å². The number of nitrogens with zero attached hydrogens (tertiary/aromatic N) is 4. The average Bonchev–Trinajstić information content (AvgIpc) is 3.01. The summed E-state index contributed by atoms with van der Waals surface area (Å²) in [6.07, 6.45) is 1.60. The summed E-state index contributed by atoms with van der Waals surface area (Å²) in [6.45, 7) is 5.56. The molecule has 3 rings (SSSR count). The third kappa shape index (κ3) is 3.06. The van der Waals surface area contributed by atoms with Gasteiger partial charge >= 0.3 is 6.03 Å². The van der Waals surface area contributed by atoms with Crippen molar-refractivity contribution in [1.29, 1.82) is 0 Å². The van der Waals surface area contributed by atoms with Gasteiger partial charge in [-0.1, -0.05) is 30.0 Å². The molecule has 3 N–H and O–H groups in total. The van der Waals surface area contributed by atoms with Crippen molar-refractivity contribution in [3.63, 3.8) is 0 Å². The van der Waals surface area contributed by atoms with Crippen molar-refractivity contribution in [2.75, 3.05) is 0 Å². The lowest BCUT2D eigenvalue weighted by atomic mass is 10.2. The van der Waals surface area contributed by atoms with Crippen LogP contribution >= 0.6 is 11.8 Å². The Kier molecular flexibility index (Phi) is 4.76. The van der Waals surface area contributed by atoms with Gasteiger partial charge in [0.05, 0.1) is 16.2 Å². The first-order chi connectivity index (χ1) is 12.4. The number of primary amides is 1. The number of hydrogen-bond acceptors (Lipinski definition) is 6. The van der Waals surface area contributed by atoms with Gasteiger partial charge in [-0.15, -0.1) is 16.8 Å². The molecule has 0 saturated heterocycles. The number of fused-ring (bicyclic) bond motifs is 3. The summed E-state index contributed by atoms with van der Waals surface area (Å²) in [5.41, 5.74) is 5.41. The number of benzene rings is 1. The SMILES string of the molecule is C=CCn1c(=O)c2ccccc2n2c(S[C@@H](C)C(=O)NC(N)=O)nnc12. The van der Waals surface area contributed by atoms with Crippen molar-refractivity contribution in [2.45, 2.75) is 23.9 Å². The minimum atomic E-state index is -0.918. The molecule has 134 valence electrons. The maximum atomic E-state index is 12.7. The molecule has 9 nitrogen and oxygen atoms in total. The summed E-state index contributed by atoms with van der Waals surface area (Å²) in [5.74, 6) is -0.193. The van der Waals surface area contributed by atoms with Crippen molar-refractivity contribution in [1.82, 2.24) is 24.5 Å². The second kappa shape index (κ2) is 7.00. The first-order valence-corrected chi connectivity index (χ1v) is 8.56. The van der Waals surface area contributed by atoms with Crippen LogP contribution in [0.15, 0.2) is 46.9 Å². The van der Waals surface area contributed by atoms with Crippen molar-refractivity contribution in [3.05, 3.63) is 47.3 Å². The predicted molar refractivity (Wildman–Crippen MR) is 98.0 cm³/mol. The van der Waals surface area contributed by atoms with Gasteiger partial charge in [0.25, 0.3) is 5.56 Å². The Bertz CT molecular complexity index is 1090. The lowest BCUT2D eigenvalue weighted by molar-refractivity contribution is -0.119. The lowest BCUT2D eigenvalue weighted by Crippen LogP contribution is -2.39. The third-order valence-corrected chi connectivity index (χ3v) is 4.73. The minimum absolute atomic E-state index is 0.198. The predicted octanol–water partition coefficient (Wildman–Crippen LogP) is 0.906. The number of aromatic nitrogens is 4. The Morgan fingerprint density at radius 3 is 2.81 bits per heavy atom.